The van der Waals surface area contributed by atoms with E-state index in [1.807, 2.05) is 24.5 Å². The van der Waals surface area contributed by atoms with Crippen LogP contribution in [0.15, 0.2) is 17.5 Å². The summed E-state index contributed by atoms with van der Waals surface area (Å²) in [5.41, 5.74) is 0.986. The number of carboxylic acids is 1. The van der Waals surface area contributed by atoms with Gasteiger partial charge in [-0.2, -0.15) is 0 Å². The summed E-state index contributed by atoms with van der Waals surface area (Å²) in [6.07, 6.45) is 5.33. The number of nitrogens with zero attached hydrogens (tertiary/aromatic N) is 1. The molecular formula is C14H18N2O3S. The number of carbonyl (C=O) groups is 2. The molecule has 20 heavy (non-hydrogen) atoms. The van der Waals surface area contributed by atoms with Gasteiger partial charge in [0.1, 0.15) is 0 Å². The number of allylic oxidation sites excluding steroid dienone is 2. The molecule has 0 aliphatic heterocycles. The van der Waals surface area contributed by atoms with Crippen LogP contribution in [0.3, 0.4) is 0 Å². The van der Waals surface area contributed by atoms with Crippen LogP contribution in [0.5, 0.6) is 0 Å². The second-order valence-electron chi connectivity index (χ2n) is 4.92. The predicted molar refractivity (Wildman–Crippen MR) is 76.6 cm³/mol. The van der Waals surface area contributed by atoms with Crippen LogP contribution in [0, 0.1) is 18.8 Å². The van der Waals surface area contributed by atoms with Gasteiger partial charge in [-0.1, -0.05) is 12.2 Å². The Bertz CT molecular complexity index is 524. The number of hydrogen-bond acceptors (Lipinski definition) is 4. The van der Waals surface area contributed by atoms with Crippen LogP contribution in [0.1, 0.15) is 23.5 Å². The molecule has 1 aliphatic rings. The van der Waals surface area contributed by atoms with Crippen molar-refractivity contribution >= 4 is 23.2 Å². The van der Waals surface area contributed by atoms with Gasteiger partial charge in [-0.3, -0.25) is 9.59 Å². The van der Waals surface area contributed by atoms with Gasteiger partial charge in [0.25, 0.3) is 0 Å². The van der Waals surface area contributed by atoms with Crippen molar-refractivity contribution in [2.24, 2.45) is 11.8 Å². The topological polar surface area (TPSA) is 79.3 Å². The third-order valence-electron chi connectivity index (χ3n) is 3.39. The zero-order valence-electron chi connectivity index (χ0n) is 11.3. The van der Waals surface area contributed by atoms with E-state index in [2.05, 4.69) is 10.3 Å². The highest BCUT2D eigenvalue weighted by atomic mass is 32.1. The number of rotatable bonds is 5. The average Bonchev–Trinajstić information content (AvgIpc) is 2.84. The lowest BCUT2D eigenvalue weighted by atomic mass is 9.82. The number of hydrogen-bond donors (Lipinski definition) is 2. The Morgan fingerprint density at radius 1 is 1.40 bits per heavy atom. The van der Waals surface area contributed by atoms with Crippen LogP contribution < -0.4 is 5.32 Å². The molecule has 0 spiro atoms. The van der Waals surface area contributed by atoms with Crippen molar-refractivity contribution in [2.45, 2.75) is 26.2 Å². The lowest BCUT2D eigenvalue weighted by molar-refractivity contribution is -0.147. The number of amides is 1. The van der Waals surface area contributed by atoms with Crippen molar-refractivity contribution in [1.82, 2.24) is 10.3 Å². The summed E-state index contributed by atoms with van der Waals surface area (Å²) in [6, 6.07) is 0. The summed E-state index contributed by atoms with van der Waals surface area (Å²) < 4.78 is 0. The van der Waals surface area contributed by atoms with Crippen molar-refractivity contribution in [2.75, 3.05) is 6.54 Å². The van der Waals surface area contributed by atoms with Crippen molar-refractivity contribution < 1.29 is 14.7 Å². The van der Waals surface area contributed by atoms with Gasteiger partial charge in [0.05, 0.1) is 16.8 Å². The van der Waals surface area contributed by atoms with Gasteiger partial charge < -0.3 is 10.4 Å². The first-order valence-corrected chi connectivity index (χ1v) is 7.52. The molecule has 0 aromatic carbocycles. The fourth-order valence-corrected chi connectivity index (χ4v) is 3.09. The number of nitrogens with one attached hydrogen (secondary N) is 1. The van der Waals surface area contributed by atoms with E-state index in [9.17, 15) is 9.59 Å². The van der Waals surface area contributed by atoms with Crippen LogP contribution in [-0.2, 0) is 16.0 Å². The molecule has 1 aliphatic carbocycles. The lowest BCUT2D eigenvalue weighted by Gasteiger charge is -2.24. The monoisotopic (exact) mass is 294 g/mol. The van der Waals surface area contributed by atoms with Crippen molar-refractivity contribution in [3.63, 3.8) is 0 Å². The number of thiazole rings is 1. The fourth-order valence-electron chi connectivity index (χ4n) is 2.32. The maximum atomic E-state index is 12.1. The van der Waals surface area contributed by atoms with E-state index < -0.39 is 17.8 Å². The zero-order chi connectivity index (χ0) is 14.5. The molecule has 1 aromatic rings. The third-order valence-corrected chi connectivity index (χ3v) is 4.42. The largest absolute Gasteiger partial charge is 0.481 e. The molecule has 0 unspecified atom stereocenters. The maximum absolute atomic E-state index is 12.1. The van der Waals surface area contributed by atoms with Crippen LogP contribution in [0.4, 0.5) is 0 Å². The molecule has 5 nitrogen and oxygen atoms in total. The van der Waals surface area contributed by atoms with Crippen molar-refractivity contribution in [3.05, 3.63) is 28.2 Å². The molecular weight excluding hydrogens is 276 g/mol. The van der Waals surface area contributed by atoms with E-state index >= 15 is 0 Å². The maximum Gasteiger partial charge on any atom is 0.307 e. The third kappa shape index (κ3) is 3.66. The highest BCUT2D eigenvalue weighted by Crippen LogP contribution is 2.26. The summed E-state index contributed by atoms with van der Waals surface area (Å²) in [6.45, 7) is 2.43. The molecule has 0 saturated heterocycles. The summed E-state index contributed by atoms with van der Waals surface area (Å²) in [4.78, 5) is 27.6. The quantitative estimate of drug-likeness (QED) is 0.811. The molecule has 2 N–H and O–H groups in total. The van der Waals surface area contributed by atoms with E-state index in [1.165, 1.54) is 0 Å². The molecule has 0 radical (unpaired) electrons. The first-order valence-electron chi connectivity index (χ1n) is 6.64. The van der Waals surface area contributed by atoms with E-state index in [4.69, 9.17) is 5.11 Å². The number of aromatic nitrogens is 1. The van der Waals surface area contributed by atoms with Gasteiger partial charge in [-0.25, -0.2) is 4.98 Å². The SMILES string of the molecule is Cc1csc(CCNC(=O)[C@@H]2CC=CC[C@@H]2C(=O)O)n1. The Labute approximate surface area is 121 Å². The van der Waals surface area contributed by atoms with Gasteiger partial charge >= 0.3 is 5.97 Å². The van der Waals surface area contributed by atoms with Crippen LogP contribution >= 0.6 is 11.3 Å². The summed E-state index contributed by atoms with van der Waals surface area (Å²) in [5.74, 6) is -2.14. The Hall–Kier alpha value is -1.69. The number of carbonyl (C=O) groups excluding carboxylic acids is 1. The molecule has 0 fully saturated rings. The molecule has 1 heterocycles. The van der Waals surface area contributed by atoms with Gasteiger partial charge in [0.2, 0.25) is 5.91 Å². The van der Waals surface area contributed by atoms with Crippen molar-refractivity contribution in [1.29, 1.82) is 0 Å². The normalized spacial score (nSPS) is 21.6. The average molecular weight is 294 g/mol. The molecule has 6 heteroatoms. The molecule has 2 rings (SSSR count). The Kier molecular flexibility index (Phi) is 4.89. The molecule has 1 amide bonds. The van der Waals surface area contributed by atoms with E-state index in [0.29, 0.717) is 25.8 Å². The Morgan fingerprint density at radius 3 is 2.70 bits per heavy atom. The minimum atomic E-state index is -0.898. The molecule has 0 bridgehead atoms. The highest BCUT2D eigenvalue weighted by molar-refractivity contribution is 7.09. The van der Waals surface area contributed by atoms with E-state index in [0.717, 1.165) is 10.7 Å². The number of aryl methyl sites for hydroxylation is 1. The van der Waals surface area contributed by atoms with Gasteiger partial charge in [-0.05, 0) is 19.8 Å². The van der Waals surface area contributed by atoms with Crippen molar-refractivity contribution in [3.8, 4) is 0 Å². The smallest absolute Gasteiger partial charge is 0.307 e. The minimum Gasteiger partial charge on any atom is -0.481 e. The molecule has 1 aromatic heterocycles. The number of carboxylic acid groups (broad SMARTS) is 1. The Balaban J connectivity index is 1.84. The van der Waals surface area contributed by atoms with Gasteiger partial charge in [0, 0.05) is 24.0 Å². The summed E-state index contributed by atoms with van der Waals surface area (Å²) in [7, 11) is 0. The number of aliphatic carboxylic acids is 1. The standard InChI is InChI=1S/C14H18N2O3S/c1-9-8-20-12(16-9)6-7-15-13(17)10-4-2-3-5-11(10)14(18)19/h2-3,8,10-11H,4-7H2,1H3,(H,15,17)(H,18,19)/t10-,11+/m1/s1. The summed E-state index contributed by atoms with van der Waals surface area (Å²) >= 11 is 1.57. The van der Waals surface area contributed by atoms with E-state index in [1.54, 1.807) is 11.3 Å². The zero-order valence-corrected chi connectivity index (χ0v) is 12.2. The Morgan fingerprint density at radius 2 is 2.10 bits per heavy atom. The van der Waals surface area contributed by atoms with Crippen LogP contribution in [0.2, 0.25) is 0 Å². The van der Waals surface area contributed by atoms with Gasteiger partial charge in [0.15, 0.2) is 0 Å². The second kappa shape index (κ2) is 6.65. The first-order chi connectivity index (χ1) is 9.58. The van der Waals surface area contributed by atoms with E-state index in [-0.39, 0.29) is 5.91 Å². The van der Waals surface area contributed by atoms with Gasteiger partial charge in [-0.15, -0.1) is 11.3 Å². The summed E-state index contributed by atoms with van der Waals surface area (Å²) in [5, 5.41) is 14.9. The predicted octanol–water partition coefficient (Wildman–Crippen LogP) is 1.78. The minimum absolute atomic E-state index is 0.171. The lowest BCUT2D eigenvalue weighted by Crippen LogP contribution is -2.39. The molecule has 2 atom stereocenters. The highest BCUT2D eigenvalue weighted by Gasteiger charge is 2.33. The fraction of sp³-hybridized carbons (Fsp3) is 0.500. The molecule has 0 saturated carbocycles. The van der Waals surface area contributed by atoms with Crippen LogP contribution in [0.25, 0.3) is 0 Å². The first kappa shape index (κ1) is 14.7. The second-order valence-corrected chi connectivity index (χ2v) is 5.86. The molecule has 108 valence electrons. The van der Waals surface area contributed by atoms with Crippen LogP contribution in [-0.4, -0.2) is 28.5 Å².